The Kier molecular flexibility index (Phi) is 8.09. The number of hydrogen-bond acceptors (Lipinski definition) is 5. The van der Waals surface area contributed by atoms with Crippen LogP contribution in [0.15, 0.2) is 59.8 Å². The lowest BCUT2D eigenvalue weighted by Gasteiger charge is -2.32. The minimum absolute atomic E-state index is 0.0755. The molecule has 3 atom stereocenters. The fourth-order valence-electron chi connectivity index (χ4n) is 6.00. The molecular formula is C30H38N4O4S. The molecule has 8 nitrogen and oxygen atoms in total. The third kappa shape index (κ3) is 6.04. The number of hydrogen-bond donors (Lipinski definition) is 3. The second-order valence-electron chi connectivity index (χ2n) is 11.0. The monoisotopic (exact) mass is 550 g/mol. The van der Waals surface area contributed by atoms with Crippen LogP contribution in [0.1, 0.15) is 86.2 Å². The van der Waals surface area contributed by atoms with Gasteiger partial charge in [0.1, 0.15) is 6.04 Å². The first kappa shape index (κ1) is 27.4. The Balaban J connectivity index is 1.28. The molecule has 2 amide bonds. The number of rotatable bonds is 8. The lowest BCUT2D eigenvalue weighted by Crippen LogP contribution is -2.51. The fourth-order valence-corrected chi connectivity index (χ4v) is 7.45. The van der Waals surface area contributed by atoms with Crippen molar-refractivity contribution >= 4 is 21.8 Å². The van der Waals surface area contributed by atoms with E-state index in [4.69, 9.17) is 0 Å². The molecule has 1 unspecified atom stereocenters. The molecule has 1 aliphatic heterocycles. The zero-order valence-corrected chi connectivity index (χ0v) is 23.5. The van der Waals surface area contributed by atoms with E-state index in [1.54, 1.807) is 12.1 Å². The molecule has 2 aliphatic carbocycles. The van der Waals surface area contributed by atoms with Gasteiger partial charge in [-0.2, -0.15) is 0 Å². The van der Waals surface area contributed by atoms with Gasteiger partial charge in [0.2, 0.25) is 11.8 Å². The Bertz CT molecular complexity index is 1350. The Morgan fingerprint density at radius 3 is 2.56 bits per heavy atom. The first-order valence-corrected chi connectivity index (χ1v) is 15.4. The van der Waals surface area contributed by atoms with Crippen molar-refractivity contribution in [1.29, 1.82) is 0 Å². The van der Waals surface area contributed by atoms with Gasteiger partial charge >= 0.3 is 0 Å². The number of carbonyl (C=O) groups excluding carboxylic acids is 2. The van der Waals surface area contributed by atoms with Crippen LogP contribution in [-0.2, 0) is 26.0 Å². The molecule has 0 radical (unpaired) electrons. The molecule has 39 heavy (non-hydrogen) atoms. The number of nitrogens with zero attached hydrogens (tertiary/aromatic N) is 1. The number of sulfonamides is 1. The molecule has 3 aliphatic rings. The summed E-state index contributed by atoms with van der Waals surface area (Å²) in [4.78, 5) is 26.0. The van der Waals surface area contributed by atoms with Crippen LogP contribution in [0, 0.1) is 6.92 Å². The summed E-state index contributed by atoms with van der Waals surface area (Å²) < 4.78 is 27.7. The summed E-state index contributed by atoms with van der Waals surface area (Å²) in [6, 6.07) is 12.5. The molecule has 1 fully saturated rings. The SMILES string of the molecule is Cc1ccc(S(=O)(=O)N2C=CNC(=O)[C@H]2CC(=O)N[C@@H]2CCCc3cc(C(C)NC4CCCC4)ccc32)cc1. The molecule has 208 valence electrons. The van der Waals surface area contributed by atoms with Crippen LogP contribution in [0.4, 0.5) is 0 Å². The van der Waals surface area contributed by atoms with E-state index in [-0.39, 0.29) is 29.3 Å². The molecule has 2 aromatic carbocycles. The highest BCUT2D eigenvalue weighted by Crippen LogP contribution is 2.33. The summed E-state index contributed by atoms with van der Waals surface area (Å²) in [6.45, 7) is 4.08. The van der Waals surface area contributed by atoms with Gasteiger partial charge in [-0.3, -0.25) is 13.9 Å². The minimum Gasteiger partial charge on any atom is -0.349 e. The first-order chi connectivity index (χ1) is 18.7. The fraction of sp³-hybridized carbons (Fsp3) is 0.467. The van der Waals surface area contributed by atoms with E-state index in [1.165, 1.54) is 61.3 Å². The van der Waals surface area contributed by atoms with E-state index in [9.17, 15) is 18.0 Å². The maximum absolute atomic E-state index is 13.3. The molecule has 0 bridgehead atoms. The van der Waals surface area contributed by atoms with Crippen molar-refractivity contribution in [2.45, 2.75) is 94.3 Å². The second-order valence-corrected chi connectivity index (χ2v) is 12.9. The number of fused-ring (bicyclic) bond motifs is 1. The highest BCUT2D eigenvalue weighted by Gasteiger charge is 2.37. The predicted octanol–water partition coefficient (Wildman–Crippen LogP) is 4.13. The molecule has 0 aromatic heterocycles. The van der Waals surface area contributed by atoms with Crippen molar-refractivity contribution in [2.75, 3.05) is 0 Å². The maximum Gasteiger partial charge on any atom is 0.264 e. The Morgan fingerprint density at radius 2 is 1.82 bits per heavy atom. The Hall–Kier alpha value is -3.17. The van der Waals surface area contributed by atoms with Crippen LogP contribution in [0.2, 0.25) is 0 Å². The molecule has 9 heteroatoms. The van der Waals surface area contributed by atoms with Crippen molar-refractivity contribution in [3.05, 3.63) is 77.1 Å². The van der Waals surface area contributed by atoms with Gasteiger partial charge in [-0.05, 0) is 74.8 Å². The van der Waals surface area contributed by atoms with Crippen LogP contribution in [0.3, 0.4) is 0 Å². The third-order valence-electron chi connectivity index (χ3n) is 8.19. The van der Waals surface area contributed by atoms with Gasteiger partial charge in [-0.15, -0.1) is 0 Å². The van der Waals surface area contributed by atoms with Crippen molar-refractivity contribution in [3.63, 3.8) is 0 Å². The molecular weight excluding hydrogens is 512 g/mol. The van der Waals surface area contributed by atoms with E-state index >= 15 is 0 Å². The van der Waals surface area contributed by atoms with Crippen LogP contribution in [0.5, 0.6) is 0 Å². The zero-order valence-electron chi connectivity index (χ0n) is 22.7. The van der Waals surface area contributed by atoms with E-state index in [2.05, 4.69) is 41.1 Å². The van der Waals surface area contributed by atoms with E-state index in [0.29, 0.717) is 6.04 Å². The molecule has 5 rings (SSSR count). The van der Waals surface area contributed by atoms with Gasteiger partial charge in [0.15, 0.2) is 0 Å². The standard InChI is InChI=1S/C30H38N4O4S/c1-20-10-13-25(14-11-20)39(37,38)34-17-16-31-30(36)28(34)19-29(35)33-27-9-5-6-23-18-22(12-15-26(23)27)21(2)32-24-7-3-4-8-24/h10-18,21,24,27-28,32H,3-9,19H2,1-2H3,(H,31,36)(H,33,35)/t21?,27-,28-/m1/s1. The molecule has 0 spiro atoms. The lowest BCUT2D eigenvalue weighted by atomic mass is 9.85. The topological polar surface area (TPSA) is 108 Å². The van der Waals surface area contributed by atoms with Crippen LogP contribution in [0.25, 0.3) is 0 Å². The quantitative estimate of drug-likeness (QED) is 0.458. The molecule has 3 N–H and O–H groups in total. The molecule has 0 saturated heterocycles. The summed E-state index contributed by atoms with van der Waals surface area (Å²) in [5.41, 5.74) is 4.53. The van der Waals surface area contributed by atoms with Crippen molar-refractivity contribution < 1.29 is 18.0 Å². The van der Waals surface area contributed by atoms with Gasteiger partial charge in [0.25, 0.3) is 10.0 Å². The molecule has 2 aromatic rings. The summed E-state index contributed by atoms with van der Waals surface area (Å²) >= 11 is 0. The smallest absolute Gasteiger partial charge is 0.264 e. The highest BCUT2D eigenvalue weighted by molar-refractivity contribution is 7.89. The van der Waals surface area contributed by atoms with E-state index < -0.39 is 22.0 Å². The van der Waals surface area contributed by atoms with Gasteiger partial charge in [0, 0.05) is 24.5 Å². The average molecular weight is 551 g/mol. The highest BCUT2D eigenvalue weighted by atomic mass is 32.2. The summed E-state index contributed by atoms with van der Waals surface area (Å²) in [5, 5.41) is 9.40. The molecule has 1 saturated carbocycles. The van der Waals surface area contributed by atoms with Crippen molar-refractivity contribution in [2.24, 2.45) is 0 Å². The van der Waals surface area contributed by atoms with E-state index in [1.807, 2.05) is 6.92 Å². The van der Waals surface area contributed by atoms with Gasteiger partial charge in [-0.25, -0.2) is 8.42 Å². The number of benzene rings is 2. The third-order valence-corrected chi connectivity index (χ3v) is 9.99. The minimum atomic E-state index is -4.01. The van der Waals surface area contributed by atoms with Crippen LogP contribution >= 0.6 is 0 Å². The maximum atomic E-state index is 13.3. The van der Waals surface area contributed by atoms with Crippen molar-refractivity contribution in [1.82, 2.24) is 20.3 Å². The predicted molar refractivity (Wildman–Crippen MR) is 150 cm³/mol. The second kappa shape index (κ2) is 11.5. The van der Waals surface area contributed by atoms with Crippen LogP contribution < -0.4 is 16.0 Å². The first-order valence-electron chi connectivity index (χ1n) is 14.0. The Morgan fingerprint density at radius 1 is 1.08 bits per heavy atom. The lowest BCUT2D eigenvalue weighted by molar-refractivity contribution is -0.129. The number of carbonyl (C=O) groups is 2. The molecule has 1 heterocycles. The largest absolute Gasteiger partial charge is 0.349 e. The summed E-state index contributed by atoms with van der Waals surface area (Å²) in [6.07, 6.45) is 10.1. The summed E-state index contributed by atoms with van der Waals surface area (Å²) in [7, 11) is -4.01. The van der Waals surface area contributed by atoms with Gasteiger partial charge < -0.3 is 16.0 Å². The number of nitrogens with one attached hydrogen (secondary N) is 3. The van der Waals surface area contributed by atoms with Crippen molar-refractivity contribution in [3.8, 4) is 0 Å². The zero-order chi connectivity index (χ0) is 27.6. The van der Waals surface area contributed by atoms with Gasteiger partial charge in [0.05, 0.1) is 17.4 Å². The Labute approximate surface area is 231 Å². The van der Waals surface area contributed by atoms with E-state index in [0.717, 1.165) is 34.7 Å². The van der Waals surface area contributed by atoms with Crippen LogP contribution in [-0.4, -0.2) is 36.6 Å². The number of amides is 2. The summed E-state index contributed by atoms with van der Waals surface area (Å²) in [5.74, 6) is -0.881. The van der Waals surface area contributed by atoms with Gasteiger partial charge in [-0.1, -0.05) is 48.7 Å². The number of aryl methyl sites for hydroxylation is 2. The average Bonchev–Trinajstić information content (AvgIpc) is 3.43. The normalized spacial score (nSPS) is 22.3.